The SMILES string of the molecule is CC(C)CCN(C)c1cccc(F)c1CCl. The van der Waals surface area contributed by atoms with E-state index in [2.05, 4.69) is 18.7 Å². The molecule has 0 aliphatic heterocycles. The highest BCUT2D eigenvalue weighted by Gasteiger charge is 2.11. The maximum absolute atomic E-state index is 13.5. The fraction of sp³-hybridized carbons (Fsp3) is 0.538. The molecule has 0 bridgehead atoms. The van der Waals surface area contributed by atoms with Crippen molar-refractivity contribution < 1.29 is 4.39 Å². The number of halogens is 2. The lowest BCUT2D eigenvalue weighted by molar-refractivity contribution is 0.582. The maximum Gasteiger partial charge on any atom is 0.129 e. The first-order valence-corrected chi connectivity index (χ1v) is 6.14. The molecule has 0 fully saturated rings. The fourth-order valence-electron chi connectivity index (χ4n) is 1.61. The van der Waals surface area contributed by atoms with Gasteiger partial charge in [0.15, 0.2) is 0 Å². The van der Waals surface area contributed by atoms with E-state index in [1.165, 1.54) is 6.07 Å². The molecular formula is C13H19ClFN. The van der Waals surface area contributed by atoms with Crippen molar-refractivity contribution in [2.24, 2.45) is 5.92 Å². The van der Waals surface area contributed by atoms with Gasteiger partial charge in [-0.25, -0.2) is 4.39 Å². The first-order chi connectivity index (χ1) is 7.56. The van der Waals surface area contributed by atoms with E-state index in [9.17, 15) is 4.39 Å². The molecular weight excluding hydrogens is 225 g/mol. The predicted octanol–water partition coefficient (Wildman–Crippen LogP) is 4.05. The zero-order chi connectivity index (χ0) is 12.1. The molecule has 16 heavy (non-hydrogen) atoms. The average molecular weight is 244 g/mol. The number of nitrogens with zero attached hydrogens (tertiary/aromatic N) is 1. The Bertz CT molecular complexity index is 339. The first kappa shape index (κ1) is 13.3. The summed E-state index contributed by atoms with van der Waals surface area (Å²) < 4.78 is 13.5. The first-order valence-electron chi connectivity index (χ1n) is 5.60. The minimum Gasteiger partial charge on any atom is -0.374 e. The second kappa shape index (κ2) is 6.09. The van der Waals surface area contributed by atoms with Crippen LogP contribution in [0.25, 0.3) is 0 Å². The Morgan fingerprint density at radius 1 is 1.38 bits per heavy atom. The number of hydrogen-bond acceptors (Lipinski definition) is 1. The smallest absolute Gasteiger partial charge is 0.129 e. The van der Waals surface area contributed by atoms with E-state index in [4.69, 9.17) is 11.6 Å². The molecule has 0 atom stereocenters. The van der Waals surface area contributed by atoms with E-state index < -0.39 is 0 Å². The summed E-state index contributed by atoms with van der Waals surface area (Å²) in [7, 11) is 1.98. The van der Waals surface area contributed by atoms with Gasteiger partial charge in [0.25, 0.3) is 0 Å². The lowest BCUT2D eigenvalue weighted by atomic mass is 10.1. The summed E-state index contributed by atoms with van der Waals surface area (Å²) in [5, 5.41) is 0. The van der Waals surface area contributed by atoms with Crippen LogP contribution in [0.1, 0.15) is 25.8 Å². The number of rotatable bonds is 5. The highest BCUT2D eigenvalue weighted by Crippen LogP contribution is 2.24. The summed E-state index contributed by atoms with van der Waals surface area (Å²) in [5.74, 6) is 0.646. The standard InChI is InChI=1S/C13H19ClFN/c1-10(2)7-8-16(3)13-6-4-5-12(15)11(13)9-14/h4-6,10H,7-9H2,1-3H3. The normalized spacial score (nSPS) is 10.9. The topological polar surface area (TPSA) is 3.24 Å². The van der Waals surface area contributed by atoms with Crippen molar-refractivity contribution in [3.05, 3.63) is 29.6 Å². The van der Waals surface area contributed by atoms with Crippen molar-refractivity contribution in [2.45, 2.75) is 26.1 Å². The van der Waals surface area contributed by atoms with E-state index in [1.54, 1.807) is 6.07 Å². The largest absolute Gasteiger partial charge is 0.374 e. The summed E-state index contributed by atoms with van der Waals surface area (Å²) in [5.41, 5.74) is 1.49. The van der Waals surface area contributed by atoms with Crippen LogP contribution in [0.5, 0.6) is 0 Å². The summed E-state index contributed by atoms with van der Waals surface area (Å²) in [6.07, 6.45) is 1.09. The van der Waals surface area contributed by atoms with Gasteiger partial charge in [-0.3, -0.25) is 0 Å². The Hall–Kier alpha value is -0.760. The second-order valence-corrected chi connectivity index (χ2v) is 4.74. The molecule has 0 N–H and O–H groups in total. The van der Waals surface area contributed by atoms with Gasteiger partial charge in [-0.05, 0) is 24.5 Å². The third-order valence-corrected chi connectivity index (χ3v) is 2.95. The predicted molar refractivity (Wildman–Crippen MR) is 68.7 cm³/mol. The van der Waals surface area contributed by atoms with E-state index in [-0.39, 0.29) is 11.7 Å². The van der Waals surface area contributed by atoms with Gasteiger partial charge in [-0.1, -0.05) is 19.9 Å². The van der Waals surface area contributed by atoms with Crippen LogP contribution in [0.15, 0.2) is 18.2 Å². The van der Waals surface area contributed by atoms with Crippen LogP contribution >= 0.6 is 11.6 Å². The molecule has 1 nitrogen and oxygen atoms in total. The zero-order valence-corrected chi connectivity index (χ0v) is 10.9. The number of anilines is 1. The molecule has 0 aliphatic rings. The molecule has 0 aliphatic carbocycles. The number of alkyl halides is 1. The molecule has 1 aromatic rings. The maximum atomic E-state index is 13.5. The fourth-order valence-corrected chi connectivity index (χ4v) is 1.87. The monoisotopic (exact) mass is 243 g/mol. The molecule has 3 heteroatoms. The summed E-state index contributed by atoms with van der Waals surface area (Å²) >= 11 is 5.78. The molecule has 90 valence electrons. The van der Waals surface area contributed by atoms with Gasteiger partial charge in [0.2, 0.25) is 0 Å². The van der Waals surface area contributed by atoms with Gasteiger partial charge in [-0.2, -0.15) is 0 Å². The van der Waals surface area contributed by atoms with E-state index >= 15 is 0 Å². The van der Waals surface area contributed by atoms with E-state index in [0.29, 0.717) is 11.5 Å². The molecule has 0 aromatic heterocycles. The van der Waals surface area contributed by atoms with Crippen molar-refractivity contribution in [2.75, 3.05) is 18.5 Å². The average Bonchev–Trinajstić information content (AvgIpc) is 2.25. The van der Waals surface area contributed by atoms with Crippen molar-refractivity contribution in [1.29, 1.82) is 0 Å². The highest BCUT2D eigenvalue weighted by atomic mass is 35.5. The lowest BCUT2D eigenvalue weighted by Crippen LogP contribution is -2.21. The van der Waals surface area contributed by atoms with Crippen LogP contribution in [-0.2, 0) is 5.88 Å². The summed E-state index contributed by atoms with van der Waals surface area (Å²) in [4.78, 5) is 2.07. The van der Waals surface area contributed by atoms with Gasteiger partial charge >= 0.3 is 0 Å². The summed E-state index contributed by atoms with van der Waals surface area (Å²) in [6, 6.07) is 5.10. The van der Waals surface area contributed by atoms with Crippen molar-refractivity contribution in [3.63, 3.8) is 0 Å². The van der Waals surface area contributed by atoms with E-state index in [0.717, 1.165) is 18.7 Å². The third kappa shape index (κ3) is 3.38. The van der Waals surface area contributed by atoms with Crippen LogP contribution in [0, 0.1) is 11.7 Å². The van der Waals surface area contributed by atoms with Crippen molar-refractivity contribution in [3.8, 4) is 0 Å². The molecule has 0 amide bonds. The van der Waals surface area contributed by atoms with Crippen LogP contribution in [0.2, 0.25) is 0 Å². The van der Waals surface area contributed by atoms with Crippen molar-refractivity contribution in [1.82, 2.24) is 0 Å². The zero-order valence-electron chi connectivity index (χ0n) is 10.1. The Morgan fingerprint density at radius 2 is 2.06 bits per heavy atom. The molecule has 0 unspecified atom stereocenters. The highest BCUT2D eigenvalue weighted by molar-refractivity contribution is 6.17. The van der Waals surface area contributed by atoms with Crippen LogP contribution in [-0.4, -0.2) is 13.6 Å². The third-order valence-electron chi connectivity index (χ3n) is 2.68. The molecule has 1 rings (SSSR count). The lowest BCUT2D eigenvalue weighted by Gasteiger charge is -2.23. The van der Waals surface area contributed by atoms with Gasteiger partial charge in [-0.15, -0.1) is 11.6 Å². The van der Waals surface area contributed by atoms with E-state index in [1.807, 2.05) is 13.1 Å². The number of hydrogen-bond donors (Lipinski definition) is 0. The summed E-state index contributed by atoms with van der Waals surface area (Å²) in [6.45, 7) is 5.29. The van der Waals surface area contributed by atoms with Gasteiger partial charge in [0.1, 0.15) is 5.82 Å². The van der Waals surface area contributed by atoms with Crippen LogP contribution in [0.3, 0.4) is 0 Å². The molecule has 1 aromatic carbocycles. The van der Waals surface area contributed by atoms with Gasteiger partial charge in [0.05, 0.1) is 5.88 Å². The second-order valence-electron chi connectivity index (χ2n) is 4.48. The molecule has 0 saturated carbocycles. The Balaban J connectivity index is 2.82. The number of benzene rings is 1. The van der Waals surface area contributed by atoms with Gasteiger partial charge < -0.3 is 4.90 Å². The Morgan fingerprint density at radius 3 is 2.62 bits per heavy atom. The minimum atomic E-state index is -0.219. The minimum absolute atomic E-state index is 0.216. The molecule has 0 saturated heterocycles. The Labute approximate surface area is 102 Å². The van der Waals surface area contributed by atoms with Crippen LogP contribution in [0.4, 0.5) is 10.1 Å². The Kier molecular flexibility index (Phi) is 5.07. The molecule has 0 radical (unpaired) electrons. The molecule has 0 spiro atoms. The molecule has 0 heterocycles. The quantitative estimate of drug-likeness (QED) is 0.706. The van der Waals surface area contributed by atoms with Crippen molar-refractivity contribution >= 4 is 17.3 Å². The van der Waals surface area contributed by atoms with Gasteiger partial charge in [0, 0.05) is 24.8 Å². The van der Waals surface area contributed by atoms with Crippen LogP contribution < -0.4 is 4.90 Å².